The number of benzene rings is 4. The second-order valence-electron chi connectivity index (χ2n) is 12.8. The predicted molar refractivity (Wildman–Crippen MR) is 183 cm³/mol. The van der Waals surface area contributed by atoms with Crippen molar-refractivity contribution in [3.63, 3.8) is 0 Å². The first-order valence-corrected chi connectivity index (χ1v) is 16.5. The van der Waals surface area contributed by atoms with Crippen molar-refractivity contribution in [1.82, 2.24) is 0 Å². The van der Waals surface area contributed by atoms with Gasteiger partial charge in [-0.15, -0.1) is 0 Å². The molecule has 0 spiro atoms. The number of phenolic OH excluding ortho intramolecular Hbond substituents is 4. The lowest BCUT2D eigenvalue weighted by Crippen LogP contribution is -2.27. The fraction of sp³-hybridized carbons (Fsp3) is 0.359. The Kier molecular flexibility index (Phi) is 11.5. The molecule has 0 saturated heterocycles. The monoisotopic (exact) mass is 655 g/mol. The summed E-state index contributed by atoms with van der Waals surface area (Å²) >= 11 is 0. The summed E-state index contributed by atoms with van der Waals surface area (Å²) in [5.41, 5.74) is 8.72. The fourth-order valence-electron chi connectivity index (χ4n) is 7.01. The Morgan fingerprint density at radius 1 is 0.812 bits per heavy atom. The molecule has 0 aromatic heterocycles. The lowest BCUT2D eigenvalue weighted by Gasteiger charge is -2.35. The molecule has 9 nitrogen and oxygen atoms in total. The number of nitrogens with two attached hydrogens (primary N) is 1. The minimum absolute atomic E-state index is 0.0271. The molecule has 0 heterocycles. The summed E-state index contributed by atoms with van der Waals surface area (Å²) in [5, 5.41) is 52.7. The fourth-order valence-corrected chi connectivity index (χ4v) is 7.01. The number of aliphatic hydroxyl groups is 1. The van der Waals surface area contributed by atoms with E-state index in [4.69, 9.17) is 15.2 Å². The number of aliphatic hydroxyl groups excluding tert-OH is 1. The predicted octanol–water partition coefficient (Wildman–Crippen LogP) is 6.71. The summed E-state index contributed by atoms with van der Waals surface area (Å²) in [6.07, 6.45) is 4.71. The number of aromatic hydroxyl groups is 4. The Morgan fingerprint density at radius 2 is 1.58 bits per heavy atom. The number of hydrogen-bond donors (Lipinski definition) is 6. The highest BCUT2D eigenvalue weighted by molar-refractivity contribution is 5.79. The number of ketones is 1. The molecule has 0 unspecified atom stereocenters. The molecule has 254 valence electrons. The first-order chi connectivity index (χ1) is 23.2. The minimum Gasteiger partial charge on any atom is -0.508 e. The maximum Gasteiger partial charge on any atom is 0.200 e. The van der Waals surface area contributed by atoms with Gasteiger partial charge in [-0.25, -0.2) is 0 Å². The molecule has 1 saturated carbocycles. The highest BCUT2D eigenvalue weighted by atomic mass is 16.5. The maximum absolute atomic E-state index is 13.1. The van der Waals surface area contributed by atoms with Gasteiger partial charge in [0.1, 0.15) is 24.9 Å². The van der Waals surface area contributed by atoms with Crippen LogP contribution in [0.1, 0.15) is 79.5 Å². The molecule has 0 amide bonds. The SMILES string of the molecule is NCOc1cc(CCC(=O)C[C@H](O)C[C@H](CC2(c3ccccc3)CCCC2)c2cc(O)c(O)c(OCc3cccc(O)c3)c2)ccc1O. The van der Waals surface area contributed by atoms with Gasteiger partial charge in [-0.1, -0.05) is 61.4 Å². The lowest BCUT2D eigenvalue weighted by molar-refractivity contribution is -0.121. The van der Waals surface area contributed by atoms with E-state index in [0.717, 1.165) is 31.2 Å². The Hall–Kier alpha value is -4.73. The van der Waals surface area contributed by atoms with Crippen molar-refractivity contribution in [3.05, 3.63) is 107 Å². The molecule has 1 aliphatic rings. The summed E-state index contributed by atoms with van der Waals surface area (Å²) in [5.74, 6) is -0.672. The third-order valence-electron chi connectivity index (χ3n) is 9.41. The molecule has 9 heteroatoms. The van der Waals surface area contributed by atoms with Gasteiger partial charge in [0.25, 0.3) is 0 Å². The van der Waals surface area contributed by atoms with Gasteiger partial charge in [-0.3, -0.25) is 10.5 Å². The zero-order valence-corrected chi connectivity index (χ0v) is 27.1. The van der Waals surface area contributed by atoms with E-state index in [1.165, 1.54) is 17.7 Å². The Labute approximate surface area is 281 Å². The molecule has 4 aromatic rings. The molecule has 0 bridgehead atoms. The number of carbonyl (C=O) groups excluding carboxylic acids is 1. The molecular weight excluding hydrogens is 610 g/mol. The highest BCUT2D eigenvalue weighted by Gasteiger charge is 2.39. The minimum atomic E-state index is -0.944. The van der Waals surface area contributed by atoms with E-state index in [1.807, 2.05) is 18.2 Å². The molecular formula is C39H45NO8. The molecule has 5 rings (SSSR count). The first kappa shape index (κ1) is 34.6. The van der Waals surface area contributed by atoms with Crippen LogP contribution in [0.5, 0.6) is 34.5 Å². The van der Waals surface area contributed by atoms with Gasteiger partial charge in [0.05, 0.1) is 6.10 Å². The van der Waals surface area contributed by atoms with Crippen LogP contribution in [0.15, 0.2) is 84.9 Å². The molecule has 0 radical (unpaired) electrons. The van der Waals surface area contributed by atoms with E-state index >= 15 is 0 Å². The average Bonchev–Trinajstić information content (AvgIpc) is 3.55. The van der Waals surface area contributed by atoms with Crippen LogP contribution in [-0.4, -0.2) is 44.2 Å². The maximum atomic E-state index is 13.1. The molecule has 0 aliphatic heterocycles. The van der Waals surface area contributed by atoms with Crippen molar-refractivity contribution in [2.75, 3.05) is 6.73 Å². The lowest BCUT2D eigenvalue weighted by atomic mass is 9.70. The van der Waals surface area contributed by atoms with Crippen LogP contribution in [0, 0.1) is 0 Å². The van der Waals surface area contributed by atoms with Crippen molar-refractivity contribution in [2.24, 2.45) is 5.73 Å². The number of rotatable bonds is 16. The summed E-state index contributed by atoms with van der Waals surface area (Å²) < 4.78 is 11.2. The summed E-state index contributed by atoms with van der Waals surface area (Å²) in [6.45, 7) is -0.0274. The van der Waals surface area contributed by atoms with Crippen LogP contribution in [0.4, 0.5) is 0 Å². The van der Waals surface area contributed by atoms with Gasteiger partial charge in [0, 0.05) is 12.8 Å². The Morgan fingerprint density at radius 3 is 2.31 bits per heavy atom. The van der Waals surface area contributed by atoms with Crippen molar-refractivity contribution < 1.29 is 39.8 Å². The van der Waals surface area contributed by atoms with Crippen LogP contribution >= 0.6 is 0 Å². The topological polar surface area (TPSA) is 163 Å². The number of phenols is 4. The first-order valence-electron chi connectivity index (χ1n) is 16.5. The summed E-state index contributed by atoms with van der Waals surface area (Å²) in [7, 11) is 0. The average molecular weight is 656 g/mol. The van der Waals surface area contributed by atoms with E-state index in [2.05, 4.69) is 12.1 Å². The van der Waals surface area contributed by atoms with Crippen molar-refractivity contribution in [2.45, 2.75) is 81.8 Å². The molecule has 48 heavy (non-hydrogen) atoms. The second kappa shape index (κ2) is 15.9. The van der Waals surface area contributed by atoms with Crippen molar-refractivity contribution in [3.8, 4) is 34.5 Å². The molecule has 7 N–H and O–H groups in total. The molecule has 1 fully saturated rings. The van der Waals surface area contributed by atoms with Gasteiger partial charge in [0.2, 0.25) is 5.75 Å². The van der Waals surface area contributed by atoms with E-state index in [0.29, 0.717) is 24.0 Å². The van der Waals surface area contributed by atoms with Crippen LogP contribution in [-0.2, 0) is 23.2 Å². The third-order valence-corrected chi connectivity index (χ3v) is 9.41. The van der Waals surface area contributed by atoms with E-state index < -0.39 is 6.10 Å². The van der Waals surface area contributed by atoms with Gasteiger partial charge in [0.15, 0.2) is 23.0 Å². The number of Topliss-reactive ketones (excluding diaryl/α,β-unsaturated/α-hetero) is 1. The number of hydrogen-bond acceptors (Lipinski definition) is 9. The third kappa shape index (κ3) is 8.79. The van der Waals surface area contributed by atoms with E-state index in [-0.39, 0.29) is 84.2 Å². The number of ether oxygens (including phenoxy) is 2. The number of aryl methyl sites for hydroxylation is 1. The summed E-state index contributed by atoms with van der Waals surface area (Å²) in [4.78, 5) is 13.1. The largest absolute Gasteiger partial charge is 0.508 e. The van der Waals surface area contributed by atoms with Gasteiger partial charge < -0.3 is 35.0 Å². The van der Waals surface area contributed by atoms with Crippen molar-refractivity contribution in [1.29, 1.82) is 0 Å². The normalized spacial score (nSPS) is 15.1. The standard InChI is InChI=1S/C39H45NO8/c40-25-48-36-18-26(12-14-34(36)44)11-13-32(42)22-33(43)19-29(23-39(15-4-5-16-39)30-8-2-1-3-9-30)28-20-35(45)38(46)37(21-28)47-24-27-7-6-10-31(41)17-27/h1-3,6-10,12,14,17-18,20-21,29,33,41,43-46H,4-5,11,13,15-16,19,22-25,40H2/t29-,33-/m1/s1. The zero-order chi connectivity index (χ0) is 34.1. The van der Waals surface area contributed by atoms with Gasteiger partial charge >= 0.3 is 0 Å². The van der Waals surface area contributed by atoms with Crippen LogP contribution in [0.2, 0.25) is 0 Å². The Bertz CT molecular complexity index is 1670. The zero-order valence-electron chi connectivity index (χ0n) is 27.1. The van der Waals surface area contributed by atoms with Crippen LogP contribution in [0.3, 0.4) is 0 Å². The van der Waals surface area contributed by atoms with Crippen LogP contribution in [0.25, 0.3) is 0 Å². The number of carbonyl (C=O) groups is 1. The van der Waals surface area contributed by atoms with E-state index in [1.54, 1.807) is 42.5 Å². The highest BCUT2D eigenvalue weighted by Crippen LogP contribution is 2.50. The smallest absolute Gasteiger partial charge is 0.200 e. The van der Waals surface area contributed by atoms with Gasteiger partial charge in [-0.2, -0.15) is 0 Å². The summed E-state index contributed by atoms with van der Waals surface area (Å²) in [6, 6.07) is 25.1. The quantitative estimate of drug-likeness (QED) is 0.0569. The second-order valence-corrected chi connectivity index (χ2v) is 12.8. The van der Waals surface area contributed by atoms with Crippen molar-refractivity contribution >= 4 is 5.78 Å². The Balaban J connectivity index is 1.36. The van der Waals surface area contributed by atoms with E-state index in [9.17, 15) is 30.3 Å². The van der Waals surface area contributed by atoms with Gasteiger partial charge in [-0.05, 0) is 102 Å². The molecule has 1 aliphatic carbocycles. The molecule has 2 atom stereocenters. The molecule has 4 aromatic carbocycles. The van der Waals surface area contributed by atoms with Crippen LogP contribution < -0.4 is 15.2 Å².